The van der Waals surface area contributed by atoms with E-state index in [-0.39, 0.29) is 19.0 Å². The number of anilines is 3. The van der Waals surface area contributed by atoms with Gasteiger partial charge >= 0.3 is 0 Å². The molecule has 0 radical (unpaired) electrons. The number of hydrogen-bond acceptors (Lipinski definition) is 4. The van der Waals surface area contributed by atoms with Crippen LogP contribution in [0.25, 0.3) is 0 Å². The number of halogens is 5. The Labute approximate surface area is 211 Å². The maximum atomic E-state index is 14.2. The van der Waals surface area contributed by atoms with Crippen molar-refractivity contribution in [2.45, 2.75) is 19.8 Å². The van der Waals surface area contributed by atoms with Crippen LogP contribution in [-0.4, -0.2) is 38.7 Å². The third-order valence-corrected chi connectivity index (χ3v) is 6.14. The summed E-state index contributed by atoms with van der Waals surface area (Å²) in [6.45, 7) is 3.38. The number of benzene rings is 3. The molecule has 5 nitrogen and oxygen atoms in total. The Bertz CT molecular complexity index is 1230. The Morgan fingerprint density at radius 2 is 1.43 bits per heavy atom. The molecular formula is C27H26F5N3O2. The van der Waals surface area contributed by atoms with Crippen LogP contribution in [0.1, 0.15) is 30.1 Å². The fraction of sp³-hybridized carbons (Fsp3) is 0.296. The van der Waals surface area contributed by atoms with Crippen LogP contribution in [-0.2, 0) is 0 Å². The van der Waals surface area contributed by atoms with Crippen molar-refractivity contribution in [2.75, 3.05) is 47.9 Å². The van der Waals surface area contributed by atoms with Crippen LogP contribution in [0, 0.1) is 29.1 Å². The Morgan fingerprint density at radius 3 is 2.05 bits per heavy atom. The maximum absolute atomic E-state index is 14.2. The zero-order valence-electron chi connectivity index (χ0n) is 20.2. The van der Waals surface area contributed by atoms with Gasteiger partial charge in [0.25, 0.3) is 5.91 Å². The average Bonchev–Trinajstić information content (AvgIpc) is 2.92. The van der Waals surface area contributed by atoms with Gasteiger partial charge in [0.2, 0.25) is 5.82 Å². The van der Waals surface area contributed by atoms with Gasteiger partial charge in [-0.1, -0.05) is 19.4 Å². The molecule has 1 N–H and O–H groups in total. The number of rotatable bonds is 8. The molecule has 1 heterocycles. The standard InChI is InChI=1S/C27H26F5N3O2/c1-2-3-15-37-20-6-4-5-17(16-20)27(36)33-18-7-9-19(10-8-18)34-11-13-35(14-12-34)26-24(31)22(29)21(28)23(30)25(26)32/h4-10,16H,2-3,11-15H2,1H3,(H,33,36). The summed E-state index contributed by atoms with van der Waals surface area (Å²) < 4.78 is 74.5. The largest absolute Gasteiger partial charge is 0.494 e. The predicted octanol–water partition coefficient (Wildman–Crippen LogP) is 6.14. The van der Waals surface area contributed by atoms with Crippen LogP contribution in [0.2, 0.25) is 0 Å². The Hall–Kier alpha value is -3.82. The fourth-order valence-electron chi connectivity index (χ4n) is 4.08. The summed E-state index contributed by atoms with van der Waals surface area (Å²) in [4.78, 5) is 15.7. The number of ether oxygens (including phenoxy) is 1. The molecule has 37 heavy (non-hydrogen) atoms. The predicted molar refractivity (Wildman–Crippen MR) is 132 cm³/mol. The van der Waals surface area contributed by atoms with Crippen molar-refractivity contribution < 1.29 is 31.5 Å². The molecule has 10 heteroatoms. The van der Waals surface area contributed by atoms with Crippen LogP contribution in [0.15, 0.2) is 48.5 Å². The average molecular weight is 520 g/mol. The molecule has 1 amide bonds. The lowest BCUT2D eigenvalue weighted by Crippen LogP contribution is -2.47. The molecule has 0 spiro atoms. The minimum Gasteiger partial charge on any atom is -0.494 e. The van der Waals surface area contributed by atoms with Gasteiger partial charge in [-0.25, -0.2) is 22.0 Å². The first kappa shape index (κ1) is 26.2. The number of hydrogen-bond donors (Lipinski definition) is 1. The second-order valence-electron chi connectivity index (χ2n) is 8.62. The number of unbranched alkanes of at least 4 members (excludes halogenated alkanes) is 1. The fourth-order valence-corrected chi connectivity index (χ4v) is 4.08. The zero-order chi connectivity index (χ0) is 26.5. The summed E-state index contributed by atoms with van der Waals surface area (Å²) in [5.74, 6) is -9.40. The molecule has 1 aliphatic heterocycles. The second-order valence-corrected chi connectivity index (χ2v) is 8.62. The van der Waals surface area contributed by atoms with Crippen molar-refractivity contribution in [2.24, 2.45) is 0 Å². The van der Waals surface area contributed by atoms with Gasteiger partial charge in [0.15, 0.2) is 23.3 Å². The van der Waals surface area contributed by atoms with E-state index in [9.17, 15) is 26.7 Å². The molecule has 0 bridgehead atoms. The quantitative estimate of drug-likeness (QED) is 0.168. The number of nitrogens with one attached hydrogen (secondary N) is 1. The van der Waals surface area contributed by atoms with Crippen molar-refractivity contribution in [1.29, 1.82) is 0 Å². The van der Waals surface area contributed by atoms with Gasteiger partial charge in [-0.05, 0) is 48.9 Å². The number of piperazine rings is 1. The molecule has 0 unspecified atom stereocenters. The van der Waals surface area contributed by atoms with Gasteiger partial charge in [-0.2, -0.15) is 0 Å². The van der Waals surface area contributed by atoms with Gasteiger partial charge in [0.1, 0.15) is 11.4 Å². The van der Waals surface area contributed by atoms with E-state index in [2.05, 4.69) is 12.2 Å². The summed E-state index contributed by atoms with van der Waals surface area (Å²) >= 11 is 0. The van der Waals surface area contributed by atoms with E-state index >= 15 is 0 Å². The van der Waals surface area contributed by atoms with Crippen LogP contribution in [0.5, 0.6) is 5.75 Å². The van der Waals surface area contributed by atoms with E-state index in [0.29, 0.717) is 36.7 Å². The summed E-state index contributed by atoms with van der Waals surface area (Å²) in [5.41, 5.74) is 0.920. The number of carbonyl (C=O) groups excluding carboxylic acids is 1. The lowest BCUT2D eigenvalue weighted by molar-refractivity contribution is 0.102. The molecule has 0 saturated carbocycles. The SMILES string of the molecule is CCCCOc1cccc(C(=O)Nc2ccc(N3CCN(c4c(F)c(F)c(F)c(F)c4F)CC3)cc2)c1. The molecule has 1 saturated heterocycles. The molecule has 1 aliphatic rings. The first-order valence-corrected chi connectivity index (χ1v) is 12.0. The first-order chi connectivity index (χ1) is 17.8. The second kappa shape index (κ2) is 11.5. The summed E-state index contributed by atoms with van der Waals surface area (Å²) in [6.07, 6.45) is 1.94. The topological polar surface area (TPSA) is 44.8 Å². The zero-order valence-corrected chi connectivity index (χ0v) is 20.2. The van der Waals surface area contributed by atoms with Crippen molar-refractivity contribution >= 4 is 23.0 Å². The Balaban J connectivity index is 1.36. The van der Waals surface area contributed by atoms with Crippen LogP contribution < -0.4 is 19.9 Å². The van der Waals surface area contributed by atoms with Gasteiger partial charge in [-0.3, -0.25) is 4.79 Å². The highest BCUT2D eigenvalue weighted by Crippen LogP contribution is 2.31. The molecule has 196 valence electrons. The van der Waals surface area contributed by atoms with E-state index in [1.807, 2.05) is 4.90 Å². The summed E-state index contributed by atoms with van der Waals surface area (Å²) in [5, 5.41) is 2.83. The molecular weight excluding hydrogens is 493 g/mol. The highest BCUT2D eigenvalue weighted by molar-refractivity contribution is 6.04. The summed E-state index contributed by atoms with van der Waals surface area (Å²) in [6, 6.07) is 14.0. The highest BCUT2D eigenvalue weighted by Gasteiger charge is 2.30. The van der Waals surface area contributed by atoms with Gasteiger partial charge in [-0.15, -0.1) is 0 Å². The van der Waals surface area contributed by atoms with Crippen molar-refractivity contribution in [3.63, 3.8) is 0 Å². The molecule has 1 fully saturated rings. The van der Waals surface area contributed by atoms with Crippen LogP contribution in [0.4, 0.5) is 39.0 Å². The van der Waals surface area contributed by atoms with E-state index in [1.165, 1.54) is 0 Å². The highest BCUT2D eigenvalue weighted by atomic mass is 19.2. The molecule has 3 aromatic carbocycles. The molecule has 3 aromatic rings. The summed E-state index contributed by atoms with van der Waals surface area (Å²) in [7, 11) is 0. The number of amides is 1. The number of carbonyl (C=O) groups is 1. The normalized spacial score (nSPS) is 13.6. The maximum Gasteiger partial charge on any atom is 0.255 e. The third kappa shape index (κ3) is 5.79. The number of nitrogens with zero attached hydrogens (tertiary/aromatic N) is 2. The van der Waals surface area contributed by atoms with Gasteiger partial charge < -0.3 is 19.9 Å². The molecule has 0 atom stereocenters. The van der Waals surface area contributed by atoms with Crippen molar-refractivity contribution in [3.8, 4) is 5.75 Å². The van der Waals surface area contributed by atoms with Gasteiger partial charge in [0, 0.05) is 43.1 Å². The Morgan fingerprint density at radius 1 is 0.838 bits per heavy atom. The van der Waals surface area contributed by atoms with Gasteiger partial charge in [0.05, 0.1) is 6.61 Å². The van der Waals surface area contributed by atoms with E-state index < -0.39 is 34.8 Å². The minimum absolute atomic E-state index is 0.0630. The third-order valence-electron chi connectivity index (χ3n) is 6.14. The van der Waals surface area contributed by atoms with E-state index in [4.69, 9.17) is 4.74 Å². The lowest BCUT2D eigenvalue weighted by atomic mass is 10.1. The molecule has 0 aromatic heterocycles. The monoisotopic (exact) mass is 519 g/mol. The van der Waals surface area contributed by atoms with Crippen LogP contribution >= 0.6 is 0 Å². The van der Waals surface area contributed by atoms with Crippen molar-refractivity contribution in [1.82, 2.24) is 0 Å². The van der Waals surface area contributed by atoms with Crippen molar-refractivity contribution in [3.05, 3.63) is 83.2 Å². The Kier molecular flexibility index (Phi) is 8.15. The molecule has 0 aliphatic carbocycles. The smallest absolute Gasteiger partial charge is 0.255 e. The minimum atomic E-state index is -2.17. The first-order valence-electron chi connectivity index (χ1n) is 12.0. The van der Waals surface area contributed by atoms with E-state index in [0.717, 1.165) is 23.4 Å². The van der Waals surface area contributed by atoms with E-state index in [1.54, 1.807) is 48.5 Å². The molecule has 4 rings (SSSR count). The van der Waals surface area contributed by atoms with Crippen LogP contribution in [0.3, 0.4) is 0 Å². The lowest BCUT2D eigenvalue weighted by Gasteiger charge is -2.37.